The molecule has 28 heavy (non-hydrogen) atoms. The number of hydrogen-bond acceptors (Lipinski definition) is 6. The van der Waals surface area contributed by atoms with Gasteiger partial charge in [0.05, 0.1) is 18.9 Å². The largest absolute Gasteiger partial charge is 0.494 e. The maximum absolute atomic E-state index is 12.5. The van der Waals surface area contributed by atoms with Gasteiger partial charge >= 0.3 is 5.97 Å². The Hall–Kier alpha value is -2.86. The molecule has 6 nitrogen and oxygen atoms in total. The maximum Gasteiger partial charge on any atom is 0.341 e. The highest BCUT2D eigenvalue weighted by molar-refractivity contribution is 6.05. The van der Waals surface area contributed by atoms with E-state index < -0.39 is 5.97 Å². The minimum Gasteiger partial charge on any atom is -0.494 e. The Balaban J connectivity index is 0.00000280. The number of aryl methyl sites for hydroxylation is 1. The molecule has 148 valence electrons. The fourth-order valence-electron chi connectivity index (χ4n) is 2.68. The summed E-state index contributed by atoms with van der Waals surface area (Å²) in [5, 5.41) is 4.09. The van der Waals surface area contributed by atoms with Gasteiger partial charge in [0.2, 0.25) is 0 Å². The van der Waals surface area contributed by atoms with Crippen LogP contribution in [0, 0.1) is 6.92 Å². The van der Waals surface area contributed by atoms with Crippen molar-refractivity contribution in [2.24, 2.45) is 0 Å². The summed E-state index contributed by atoms with van der Waals surface area (Å²) in [6.07, 6.45) is 2.28. The lowest BCUT2D eigenvalue weighted by atomic mass is 10.1. The fourth-order valence-corrected chi connectivity index (χ4v) is 2.68. The van der Waals surface area contributed by atoms with E-state index in [0.717, 1.165) is 28.9 Å². The molecule has 0 amide bonds. The molecule has 0 unspecified atom stereocenters. The molecule has 7 heteroatoms. The number of carbonyl (C=O) groups is 1. The number of benzene rings is 1. The Morgan fingerprint density at radius 2 is 1.86 bits per heavy atom. The van der Waals surface area contributed by atoms with Crippen LogP contribution in [0.4, 0.5) is 11.4 Å². The zero-order valence-corrected chi connectivity index (χ0v) is 17.0. The maximum atomic E-state index is 12.5. The summed E-state index contributed by atoms with van der Waals surface area (Å²) < 4.78 is 10.8. The van der Waals surface area contributed by atoms with Gasteiger partial charge in [-0.15, -0.1) is 12.4 Å². The molecule has 0 spiro atoms. The quantitative estimate of drug-likeness (QED) is 0.557. The van der Waals surface area contributed by atoms with E-state index in [9.17, 15) is 4.79 Å². The highest BCUT2D eigenvalue weighted by Crippen LogP contribution is 2.30. The van der Waals surface area contributed by atoms with Crippen molar-refractivity contribution in [3.8, 4) is 5.75 Å². The minimum absolute atomic E-state index is 0. The van der Waals surface area contributed by atoms with Gasteiger partial charge in [-0.3, -0.25) is 0 Å². The van der Waals surface area contributed by atoms with Gasteiger partial charge in [0.1, 0.15) is 11.3 Å². The molecule has 3 aromatic rings. The number of fused-ring (bicyclic) bond motifs is 1. The molecule has 0 aliphatic heterocycles. The smallest absolute Gasteiger partial charge is 0.341 e. The molecule has 0 saturated carbocycles. The van der Waals surface area contributed by atoms with Crippen molar-refractivity contribution in [3.63, 3.8) is 0 Å². The number of nitrogens with zero attached hydrogens (tertiary/aromatic N) is 2. The predicted molar refractivity (Wildman–Crippen MR) is 113 cm³/mol. The van der Waals surface area contributed by atoms with Crippen molar-refractivity contribution in [2.45, 2.75) is 27.2 Å². The second-order valence-electron chi connectivity index (χ2n) is 6.09. The fraction of sp³-hybridized carbons (Fsp3) is 0.286. The predicted octanol–water partition coefficient (Wildman–Crippen LogP) is 5.07. The van der Waals surface area contributed by atoms with Crippen molar-refractivity contribution in [1.29, 1.82) is 0 Å². The van der Waals surface area contributed by atoms with E-state index in [1.54, 1.807) is 0 Å². The Morgan fingerprint density at radius 3 is 2.54 bits per heavy atom. The number of hydrogen-bond donors (Lipinski definition) is 1. The molecule has 0 aliphatic rings. The van der Waals surface area contributed by atoms with Crippen molar-refractivity contribution < 1.29 is 14.3 Å². The first kappa shape index (κ1) is 21.4. The summed E-state index contributed by atoms with van der Waals surface area (Å²) in [6, 6.07) is 11.4. The molecule has 0 aliphatic carbocycles. The number of esters is 1. The van der Waals surface area contributed by atoms with Crippen LogP contribution in [-0.4, -0.2) is 29.2 Å². The van der Waals surface area contributed by atoms with E-state index >= 15 is 0 Å². The Kier molecular flexibility index (Phi) is 7.58. The van der Waals surface area contributed by atoms with Crippen LogP contribution in [0.5, 0.6) is 5.75 Å². The highest BCUT2D eigenvalue weighted by atomic mass is 35.5. The van der Waals surface area contributed by atoms with E-state index in [-0.39, 0.29) is 12.4 Å². The summed E-state index contributed by atoms with van der Waals surface area (Å²) >= 11 is 0. The average molecular weight is 402 g/mol. The van der Waals surface area contributed by atoms with Crippen molar-refractivity contribution in [2.75, 3.05) is 18.5 Å². The molecule has 0 saturated heterocycles. The third-order valence-corrected chi connectivity index (χ3v) is 3.96. The van der Waals surface area contributed by atoms with Gasteiger partial charge in [0.15, 0.2) is 5.65 Å². The van der Waals surface area contributed by atoms with Crippen LogP contribution in [-0.2, 0) is 4.74 Å². The van der Waals surface area contributed by atoms with E-state index in [2.05, 4.69) is 15.3 Å². The van der Waals surface area contributed by atoms with Crippen molar-refractivity contribution in [3.05, 3.63) is 53.9 Å². The van der Waals surface area contributed by atoms with Crippen LogP contribution in [0.25, 0.3) is 11.0 Å². The molecule has 0 atom stereocenters. The monoisotopic (exact) mass is 401 g/mol. The van der Waals surface area contributed by atoms with E-state index in [1.165, 1.54) is 6.20 Å². The number of ether oxygens (including phenoxy) is 2. The SMILES string of the molecule is CCCOC(=O)c1cnc2nc(C)ccc2c1Nc1ccc(OCC)cc1.Cl. The van der Waals surface area contributed by atoms with Crippen LogP contribution in [0.15, 0.2) is 42.6 Å². The summed E-state index contributed by atoms with van der Waals surface area (Å²) in [5.74, 6) is 0.391. The summed E-state index contributed by atoms with van der Waals surface area (Å²) in [6.45, 7) is 6.78. The lowest BCUT2D eigenvalue weighted by Gasteiger charge is -2.14. The van der Waals surface area contributed by atoms with Crippen LogP contribution in [0.2, 0.25) is 0 Å². The molecule has 0 bridgehead atoms. The summed E-state index contributed by atoms with van der Waals surface area (Å²) in [7, 11) is 0. The normalized spacial score (nSPS) is 10.2. The zero-order valence-electron chi connectivity index (χ0n) is 16.2. The number of pyridine rings is 2. The van der Waals surface area contributed by atoms with Gasteiger partial charge < -0.3 is 14.8 Å². The zero-order chi connectivity index (χ0) is 19.2. The Morgan fingerprint density at radius 1 is 1.11 bits per heavy atom. The Labute approximate surface area is 170 Å². The first-order chi connectivity index (χ1) is 13.1. The number of rotatable bonds is 7. The van der Waals surface area contributed by atoms with Gasteiger partial charge in [0, 0.05) is 23.0 Å². The molecule has 0 fully saturated rings. The molecule has 1 aromatic carbocycles. The van der Waals surface area contributed by atoms with E-state index in [1.807, 2.05) is 57.2 Å². The van der Waals surface area contributed by atoms with E-state index in [0.29, 0.717) is 30.1 Å². The van der Waals surface area contributed by atoms with Crippen LogP contribution in [0.3, 0.4) is 0 Å². The number of halogens is 1. The molecular formula is C21H24ClN3O3. The van der Waals surface area contributed by atoms with Crippen molar-refractivity contribution >= 4 is 40.8 Å². The van der Waals surface area contributed by atoms with Gasteiger partial charge in [-0.1, -0.05) is 6.92 Å². The average Bonchev–Trinajstić information content (AvgIpc) is 2.67. The molecular weight excluding hydrogens is 378 g/mol. The number of anilines is 2. The lowest BCUT2D eigenvalue weighted by molar-refractivity contribution is 0.0506. The standard InChI is InChI=1S/C21H23N3O3.ClH/c1-4-12-27-21(25)18-13-22-20-17(11-6-14(3)23-20)19(18)24-15-7-9-16(10-8-15)26-5-2;/h6-11,13H,4-5,12H2,1-3H3,(H,22,23,24);1H. The molecule has 2 aromatic heterocycles. The Bertz CT molecular complexity index is 946. The number of carbonyl (C=O) groups excluding carboxylic acids is 1. The summed E-state index contributed by atoms with van der Waals surface area (Å²) in [4.78, 5) is 21.3. The van der Waals surface area contributed by atoms with Crippen LogP contribution >= 0.6 is 12.4 Å². The molecule has 3 rings (SSSR count). The van der Waals surface area contributed by atoms with Crippen LogP contribution < -0.4 is 10.1 Å². The second-order valence-corrected chi connectivity index (χ2v) is 6.09. The molecule has 1 N–H and O–H groups in total. The second kappa shape index (κ2) is 9.90. The topological polar surface area (TPSA) is 73.3 Å². The first-order valence-electron chi connectivity index (χ1n) is 9.05. The minimum atomic E-state index is -0.403. The van der Waals surface area contributed by atoms with Gasteiger partial charge in [-0.2, -0.15) is 0 Å². The van der Waals surface area contributed by atoms with Gasteiger partial charge in [-0.05, 0) is 56.7 Å². The lowest BCUT2D eigenvalue weighted by Crippen LogP contribution is -2.10. The number of nitrogens with one attached hydrogen (secondary N) is 1. The van der Waals surface area contributed by atoms with E-state index in [4.69, 9.17) is 9.47 Å². The molecule has 2 heterocycles. The third-order valence-electron chi connectivity index (χ3n) is 3.96. The van der Waals surface area contributed by atoms with Crippen molar-refractivity contribution in [1.82, 2.24) is 9.97 Å². The third kappa shape index (κ3) is 4.89. The number of aromatic nitrogens is 2. The molecule has 0 radical (unpaired) electrons. The van der Waals surface area contributed by atoms with Gasteiger partial charge in [0.25, 0.3) is 0 Å². The first-order valence-corrected chi connectivity index (χ1v) is 9.05. The van der Waals surface area contributed by atoms with Crippen LogP contribution in [0.1, 0.15) is 36.3 Å². The highest BCUT2D eigenvalue weighted by Gasteiger charge is 2.18. The summed E-state index contributed by atoms with van der Waals surface area (Å²) in [5.41, 5.74) is 3.29. The van der Waals surface area contributed by atoms with Gasteiger partial charge in [-0.25, -0.2) is 14.8 Å².